The van der Waals surface area contributed by atoms with Gasteiger partial charge in [0.05, 0.1) is 6.10 Å². The highest BCUT2D eigenvalue weighted by Gasteiger charge is 2.16. The zero-order valence-electron chi connectivity index (χ0n) is 13.9. The summed E-state index contributed by atoms with van der Waals surface area (Å²) in [6, 6.07) is 9.10. The molecule has 0 radical (unpaired) electrons. The molecular weight excluding hydrogens is 258 g/mol. The molecule has 118 valence electrons. The minimum Gasteiger partial charge on any atom is -0.490 e. The third-order valence-corrected chi connectivity index (χ3v) is 4.71. The molecule has 0 heterocycles. The highest BCUT2D eigenvalue weighted by atomic mass is 16.5. The monoisotopic (exact) mass is 289 g/mol. The van der Waals surface area contributed by atoms with Gasteiger partial charge in [0.25, 0.3) is 0 Å². The number of ether oxygens (including phenoxy) is 1. The molecule has 1 aliphatic rings. The number of hydrogen-bond acceptors (Lipinski definition) is 2. The molecule has 2 rings (SSSR count). The lowest BCUT2D eigenvalue weighted by Gasteiger charge is -2.22. The Bertz CT molecular complexity index is 395. The number of hydrogen-bond donors (Lipinski definition) is 1. The van der Waals surface area contributed by atoms with Gasteiger partial charge < -0.3 is 10.1 Å². The van der Waals surface area contributed by atoms with Crippen molar-refractivity contribution in [2.45, 2.75) is 77.9 Å². The van der Waals surface area contributed by atoms with Gasteiger partial charge in [-0.05, 0) is 68.7 Å². The molecule has 0 aliphatic heterocycles. The summed E-state index contributed by atoms with van der Waals surface area (Å²) < 4.78 is 6.02. The Morgan fingerprint density at radius 3 is 2.33 bits per heavy atom. The molecule has 0 spiro atoms. The highest BCUT2D eigenvalue weighted by molar-refractivity contribution is 5.47. The molecule has 2 unspecified atom stereocenters. The van der Waals surface area contributed by atoms with Crippen LogP contribution in [-0.2, 0) is 0 Å². The molecule has 0 bridgehead atoms. The van der Waals surface area contributed by atoms with Crippen molar-refractivity contribution in [3.63, 3.8) is 0 Å². The van der Waals surface area contributed by atoms with Crippen LogP contribution in [0.1, 0.15) is 65.7 Å². The van der Waals surface area contributed by atoms with Crippen molar-refractivity contribution in [2.75, 3.05) is 5.32 Å². The molecule has 21 heavy (non-hydrogen) atoms. The molecule has 0 amide bonds. The fourth-order valence-electron chi connectivity index (χ4n) is 3.04. The first-order valence-electron chi connectivity index (χ1n) is 8.74. The average Bonchev–Trinajstić information content (AvgIpc) is 3.01. The van der Waals surface area contributed by atoms with Gasteiger partial charge >= 0.3 is 0 Å². The van der Waals surface area contributed by atoms with Crippen molar-refractivity contribution in [3.8, 4) is 5.75 Å². The van der Waals surface area contributed by atoms with Gasteiger partial charge in [0.1, 0.15) is 5.75 Å². The van der Waals surface area contributed by atoms with Crippen LogP contribution >= 0.6 is 0 Å². The van der Waals surface area contributed by atoms with Gasteiger partial charge in [0.15, 0.2) is 0 Å². The predicted molar refractivity (Wildman–Crippen MR) is 91.1 cm³/mol. The molecule has 2 heteroatoms. The Morgan fingerprint density at radius 1 is 1.10 bits per heavy atom. The van der Waals surface area contributed by atoms with Gasteiger partial charge in [-0.15, -0.1) is 0 Å². The zero-order valence-corrected chi connectivity index (χ0v) is 13.9. The Morgan fingerprint density at radius 2 is 1.76 bits per heavy atom. The van der Waals surface area contributed by atoms with E-state index in [1.807, 2.05) is 0 Å². The summed E-state index contributed by atoms with van der Waals surface area (Å²) in [7, 11) is 0. The standard InChI is InChI=1S/C19H31NO/c1-4-15(3)14-16(5-2)20-17-10-12-19(13-11-17)21-18-8-6-7-9-18/h10-13,15-16,18,20H,4-9,14H2,1-3H3. The third kappa shape index (κ3) is 5.26. The van der Waals surface area contributed by atoms with Gasteiger partial charge in [-0.1, -0.05) is 27.2 Å². The Hall–Kier alpha value is -1.18. The van der Waals surface area contributed by atoms with Gasteiger partial charge in [0.2, 0.25) is 0 Å². The molecule has 1 aliphatic carbocycles. The summed E-state index contributed by atoms with van der Waals surface area (Å²) in [6.45, 7) is 6.87. The largest absolute Gasteiger partial charge is 0.490 e. The maximum Gasteiger partial charge on any atom is 0.119 e. The SMILES string of the molecule is CCC(C)CC(CC)Nc1ccc(OC2CCCC2)cc1. The molecule has 1 aromatic carbocycles. The van der Waals surface area contributed by atoms with E-state index in [1.165, 1.54) is 50.6 Å². The smallest absolute Gasteiger partial charge is 0.119 e. The Labute approximate surface area is 130 Å². The summed E-state index contributed by atoms with van der Waals surface area (Å²) in [5.74, 6) is 1.80. The molecular formula is C19H31NO. The normalized spacial score (nSPS) is 18.4. The molecule has 2 nitrogen and oxygen atoms in total. The molecule has 0 saturated heterocycles. The second kappa shape index (κ2) is 8.31. The molecule has 1 saturated carbocycles. The van der Waals surface area contributed by atoms with Crippen molar-refractivity contribution >= 4 is 5.69 Å². The summed E-state index contributed by atoms with van der Waals surface area (Å²) >= 11 is 0. The van der Waals surface area contributed by atoms with Crippen LogP contribution in [0.3, 0.4) is 0 Å². The molecule has 2 atom stereocenters. The number of anilines is 1. The third-order valence-electron chi connectivity index (χ3n) is 4.71. The minimum absolute atomic E-state index is 0.442. The molecule has 1 aromatic rings. The van der Waals surface area contributed by atoms with Crippen molar-refractivity contribution < 1.29 is 4.74 Å². The van der Waals surface area contributed by atoms with Crippen LogP contribution in [0.25, 0.3) is 0 Å². The first kappa shape index (κ1) is 16.2. The minimum atomic E-state index is 0.442. The maximum absolute atomic E-state index is 6.02. The Kier molecular flexibility index (Phi) is 6.41. The lowest BCUT2D eigenvalue weighted by molar-refractivity contribution is 0.210. The van der Waals surface area contributed by atoms with E-state index in [2.05, 4.69) is 50.4 Å². The number of nitrogens with one attached hydrogen (secondary N) is 1. The average molecular weight is 289 g/mol. The van der Waals surface area contributed by atoms with Crippen LogP contribution in [0.4, 0.5) is 5.69 Å². The van der Waals surface area contributed by atoms with Gasteiger partial charge in [-0.25, -0.2) is 0 Å². The first-order chi connectivity index (χ1) is 10.2. The Balaban J connectivity index is 1.85. The van der Waals surface area contributed by atoms with E-state index in [0.717, 1.165) is 11.7 Å². The van der Waals surface area contributed by atoms with E-state index in [9.17, 15) is 0 Å². The number of rotatable bonds is 8. The van der Waals surface area contributed by atoms with E-state index in [4.69, 9.17) is 4.74 Å². The summed E-state index contributed by atoms with van der Waals surface area (Å²) in [4.78, 5) is 0. The van der Waals surface area contributed by atoms with E-state index in [1.54, 1.807) is 0 Å². The van der Waals surface area contributed by atoms with Crippen LogP contribution in [0, 0.1) is 5.92 Å². The lowest BCUT2D eigenvalue weighted by Crippen LogP contribution is -2.21. The van der Waals surface area contributed by atoms with Gasteiger partial charge in [-0.3, -0.25) is 0 Å². The van der Waals surface area contributed by atoms with Crippen LogP contribution in [0.15, 0.2) is 24.3 Å². The van der Waals surface area contributed by atoms with Gasteiger partial charge in [0, 0.05) is 11.7 Å². The molecule has 0 aromatic heterocycles. The summed E-state index contributed by atoms with van der Waals surface area (Å²) in [5, 5.41) is 3.66. The zero-order chi connectivity index (χ0) is 15.1. The fraction of sp³-hybridized carbons (Fsp3) is 0.684. The van der Waals surface area contributed by atoms with Crippen molar-refractivity contribution in [2.24, 2.45) is 5.92 Å². The van der Waals surface area contributed by atoms with Crippen molar-refractivity contribution in [1.29, 1.82) is 0 Å². The first-order valence-corrected chi connectivity index (χ1v) is 8.74. The number of benzene rings is 1. The second-order valence-electron chi connectivity index (χ2n) is 6.55. The fourth-order valence-corrected chi connectivity index (χ4v) is 3.04. The van der Waals surface area contributed by atoms with Crippen LogP contribution in [-0.4, -0.2) is 12.1 Å². The molecule has 1 fully saturated rings. The van der Waals surface area contributed by atoms with Crippen molar-refractivity contribution in [3.05, 3.63) is 24.3 Å². The van der Waals surface area contributed by atoms with E-state index in [-0.39, 0.29) is 0 Å². The van der Waals surface area contributed by atoms with E-state index >= 15 is 0 Å². The van der Waals surface area contributed by atoms with Gasteiger partial charge in [-0.2, -0.15) is 0 Å². The van der Waals surface area contributed by atoms with Crippen LogP contribution in [0.2, 0.25) is 0 Å². The predicted octanol–water partition coefficient (Wildman–Crippen LogP) is 5.63. The second-order valence-corrected chi connectivity index (χ2v) is 6.55. The van der Waals surface area contributed by atoms with Crippen LogP contribution < -0.4 is 10.1 Å². The van der Waals surface area contributed by atoms with E-state index in [0.29, 0.717) is 12.1 Å². The van der Waals surface area contributed by atoms with Crippen LogP contribution in [0.5, 0.6) is 5.75 Å². The van der Waals surface area contributed by atoms with E-state index < -0.39 is 0 Å². The topological polar surface area (TPSA) is 21.3 Å². The maximum atomic E-state index is 6.02. The lowest BCUT2D eigenvalue weighted by atomic mass is 9.97. The molecule has 1 N–H and O–H groups in total. The summed E-state index contributed by atoms with van der Waals surface area (Å²) in [6.07, 6.45) is 9.18. The highest BCUT2D eigenvalue weighted by Crippen LogP contribution is 2.25. The summed E-state index contributed by atoms with van der Waals surface area (Å²) in [5.41, 5.74) is 1.21. The van der Waals surface area contributed by atoms with Crippen molar-refractivity contribution in [1.82, 2.24) is 0 Å². The quantitative estimate of drug-likeness (QED) is 0.669.